The molecule has 1 aliphatic rings. The average molecular weight is 294 g/mol. The van der Waals surface area contributed by atoms with Crippen LogP contribution in [0, 0.1) is 0 Å². The van der Waals surface area contributed by atoms with E-state index in [2.05, 4.69) is 10.6 Å². The van der Waals surface area contributed by atoms with Gasteiger partial charge in [0.1, 0.15) is 5.75 Å². The van der Waals surface area contributed by atoms with E-state index in [4.69, 9.17) is 14.6 Å². The minimum Gasteiger partial charge on any atom is -0.482 e. The third-order valence-electron chi connectivity index (χ3n) is 3.17. The Labute approximate surface area is 122 Å². The van der Waals surface area contributed by atoms with Gasteiger partial charge in [-0.3, -0.25) is 0 Å². The van der Waals surface area contributed by atoms with Crippen LogP contribution in [-0.4, -0.2) is 42.5 Å². The molecular weight excluding hydrogens is 276 g/mol. The topological polar surface area (TPSA) is 96.9 Å². The second kappa shape index (κ2) is 6.94. The molecule has 2 rings (SSSR count). The summed E-state index contributed by atoms with van der Waals surface area (Å²) in [6.07, 6.45) is 0.818. The Morgan fingerprint density at radius 2 is 2.10 bits per heavy atom. The minimum absolute atomic E-state index is 0.0162. The maximum Gasteiger partial charge on any atom is 0.341 e. The fourth-order valence-electron chi connectivity index (χ4n) is 2.04. The van der Waals surface area contributed by atoms with Crippen LogP contribution >= 0.6 is 0 Å². The fourth-order valence-corrected chi connectivity index (χ4v) is 2.04. The molecule has 7 nitrogen and oxygen atoms in total. The van der Waals surface area contributed by atoms with Crippen LogP contribution in [0.2, 0.25) is 0 Å². The van der Waals surface area contributed by atoms with Crippen molar-refractivity contribution in [3.05, 3.63) is 24.3 Å². The lowest BCUT2D eigenvalue weighted by atomic mass is 10.2. The number of ether oxygens (including phenoxy) is 2. The molecule has 1 aromatic rings. The monoisotopic (exact) mass is 294 g/mol. The number of aliphatic carboxylic acids is 1. The van der Waals surface area contributed by atoms with Crippen LogP contribution in [0.4, 0.5) is 10.5 Å². The predicted octanol–water partition coefficient (Wildman–Crippen LogP) is 1.45. The molecule has 2 unspecified atom stereocenters. The molecular formula is C14H18N2O5. The third kappa shape index (κ3) is 4.64. The van der Waals surface area contributed by atoms with E-state index in [1.807, 2.05) is 6.92 Å². The van der Waals surface area contributed by atoms with Gasteiger partial charge >= 0.3 is 12.0 Å². The second-order valence-corrected chi connectivity index (χ2v) is 4.78. The predicted molar refractivity (Wildman–Crippen MR) is 75.5 cm³/mol. The van der Waals surface area contributed by atoms with E-state index < -0.39 is 12.6 Å². The van der Waals surface area contributed by atoms with Gasteiger partial charge in [0.2, 0.25) is 0 Å². The van der Waals surface area contributed by atoms with Crippen molar-refractivity contribution in [3.8, 4) is 5.75 Å². The number of benzene rings is 1. The summed E-state index contributed by atoms with van der Waals surface area (Å²) in [7, 11) is 0. The lowest BCUT2D eigenvalue weighted by Crippen LogP contribution is -2.41. The molecule has 0 aliphatic carbocycles. The molecule has 2 atom stereocenters. The van der Waals surface area contributed by atoms with E-state index in [9.17, 15) is 9.59 Å². The van der Waals surface area contributed by atoms with Gasteiger partial charge in [-0.2, -0.15) is 0 Å². The SMILES string of the molecule is CC1OCCC1NC(=O)Nc1ccc(OCC(=O)O)cc1. The zero-order valence-corrected chi connectivity index (χ0v) is 11.7. The van der Waals surface area contributed by atoms with Crippen LogP contribution in [-0.2, 0) is 9.53 Å². The lowest BCUT2D eigenvalue weighted by Gasteiger charge is -2.16. The Kier molecular flexibility index (Phi) is 4.99. The molecule has 0 aromatic heterocycles. The number of hydrogen-bond donors (Lipinski definition) is 3. The lowest BCUT2D eigenvalue weighted by molar-refractivity contribution is -0.139. The van der Waals surface area contributed by atoms with Crippen molar-refractivity contribution in [1.82, 2.24) is 5.32 Å². The highest BCUT2D eigenvalue weighted by molar-refractivity contribution is 5.89. The number of carboxylic acids is 1. The first-order valence-corrected chi connectivity index (χ1v) is 6.68. The van der Waals surface area contributed by atoms with Gasteiger partial charge in [0.25, 0.3) is 0 Å². The number of urea groups is 1. The van der Waals surface area contributed by atoms with Crippen molar-refractivity contribution in [2.24, 2.45) is 0 Å². The Morgan fingerprint density at radius 1 is 1.38 bits per heavy atom. The molecule has 1 fully saturated rings. The van der Waals surface area contributed by atoms with E-state index >= 15 is 0 Å². The minimum atomic E-state index is -1.04. The molecule has 1 saturated heterocycles. The highest BCUT2D eigenvalue weighted by Crippen LogP contribution is 2.16. The van der Waals surface area contributed by atoms with E-state index in [0.717, 1.165) is 6.42 Å². The Bertz CT molecular complexity index is 503. The molecule has 2 amide bonds. The second-order valence-electron chi connectivity index (χ2n) is 4.78. The molecule has 21 heavy (non-hydrogen) atoms. The molecule has 114 valence electrons. The molecule has 7 heteroatoms. The standard InChI is InChI=1S/C14H18N2O5/c1-9-12(6-7-20-9)16-14(19)15-10-2-4-11(5-3-10)21-8-13(17)18/h2-5,9,12H,6-8H2,1H3,(H,17,18)(H2,15,16,19). The summed E-state index contributed by atoms with van der Waals surface area (Å²) in [5.74, 6) is -0.606. The van der Waals surface area contributed by atoms with Crippen molar-refractivity contribution >= 4 is 17.7 Å². The average Bonchev–Trinajstić information content (AvgIpc) is 2.83. The van der Waals surface area contributed by atoms with Gasteiger partial charge in [-0.25, -0.2) is 9.59 Å². The first-order valence-electron chi connectivity index (χ1n) is 6.68. The first kappa shape index (κ1) is 15.1. The maximum atomic E-state index is 11.8. The van der Waals surface area contributed by atoms with Crippen LogP contribution in [0.25, 0.3) is 0 Å². The largest absolute Gasteiger partial charge is 0.482 e. The summed E-state index contributed by atoms with van der Waals surface area (Å²) < 4.78 is 10.4. The zero-order chi connectivity index (χ0) is 15.2. The number of amides is 2. The fraction of sp³-hybridized carbons (Fsp3) is 0.429. The molecule has 0 bridgehead atoms. The Hall–Kier alpha value is -2.28. The highest BCUT2D eigenvalue weighted by Gasteiger charge is 2.25. The van der Waals surface area contributed by atoms with Crippen LogP contribution in [0.1, 0.15) is 13.3 Å². The van der Waals surface area contributed by atoms with Gasteiger partial charge in [0.05, 0.1) is 12.1 Å². The van der Waals surface area contributed by atoms with E-state index in [1.54, 1.807) is 24.3 Å². The normalized spacial score (nSPS) is 20.8. The maximum absolute atomic E-state index is 11.8. The van der Waals surface area contributed by atoms with Crippen molar-refractivity contribution in [3.63, 3.8) is 0 Å². The van der Waals surface area contributed by atoms with Gasteiger partial charge in [0.15, 0.2) is 6.61 Å². The van der Waals surface area contributed by atoms with Crippen molar-refractivity contribution in [2.75, 3.05) is 18.5 Å². The number of hydrogen-bond acceptors (Lipinski definition) is 4. The molecule has 1 aromatic carbocycles. The van der Waals surface area contributed by atoms with Crippen molar-refractivity contribution < 1.29 is 24.2 Å². The number of anilines is 1. The van der Waals surface area contributed by atoms with Gasteiger partial charge in [0, 0.05) is 12.3 Å². The third-order valence-corrected chi connectivity index (χ3v) is 3.17. The van der Waals surface area contributed by atoms with E-state index in [1.165, 1.54) is 0 Å². The summed E-state index contributed by atoms with van der Waals surface area (Å²) in [6.45, 7) is 2.18. The number of rotatable bonds is 5. The number of carbonyl (C=O) groups is 2. The van der Waals surface area contributed by atoms with Crippen molar-refractivity contribution in [2.45, 2.75) is 25.5 Å². The van der Waals surface area contributed by atoms with Gasteiger partial charge < -0.3 is 25.2 Å². The number of carbonyl (C=O) groups excluding carboxylic acids is 1. The van der Waals surface area contributed by atoms with Gasteiger partial charge in [-0.1, -0.05) is 0 Å². The molecule has 1 heterocycles. The summed E-state index contributed by atoms with van der Waals surface area (Å²) in [5.41, 5.74) is 0.599. The van der Waals surface area contributed by atoms with E-state index in [-0.39, 0.29) is 18.2 Å². The van der Waals surface area contributed by atoms with Gasteiger partial charge in [-0.15, -0.1) is 0 Å². The van der Waals surface area contributed by atoms with Crippen LogP contribution < -0.4 is 15.4 Å². The number of nitrogens with one attached hydrogen (secondary N) is 2. The summed E-state index contributed by atoms with van der Waals surface area (Å²) in [5, 5.41) is 14.1. The zero-order valence-electron chi connectivity index (χ0n) is 11.7. The summed E-state index contributed by atoms with van der Waals surface area (Å²) in [4.78, 5) is 22.2. The first-order chi connectivity index (χ1) is 10.0. The quantitative estimate of drug-likeness (QED) is 0.763. The van der Waals surface area contributed by atoms with E-state index in [0.29, 0.717) is 18.0 Å². The highest BCUT2D eigenvalue weighted by atomic mass is 16.5. The molecule has 0 saturated carbocycles. The summed E-state index contributed by atoms with van der Waals surface area (Å²) >= 11 is 0. The van der Waals surface area contributed by atoms with Crippen molar-refractivity contribution in [1.29, 1.82) is 0 Å². The molecule has 0 radical (unpaired) electrons. The van der Waals surface area contributed by atoms with Gasteiger partial charge in [-0.05, 0) is 37.6 Å². The smallest absolute Gasteiger partial charge is 0.341 e. The number of carboxylic acid groups (broad SMARTS) is 1. The summed E-state index contributed by atoms with van der Waals surface area (Å²) in [6, 6.07) is 6.20. The van der Waals surface area contributed by atoms with Crippen LogP contribution in [0.5, 0.6) is 5.75 Å². The Morgan fingerprint density at radius 3 is 2.67 bits per heavy atom. The molecule has 3 N–H and O–H groups in total. The van der Waals surface area contributed by atoms with Crippen LogP contribution in [0.15, 0.2) is 24.3 Å². The molecule has 1 aliphatic heterocycles. The Balaban J connectivity index is 1.82. The van der Waals surface area contributed by atoms with Crippen LogP contribution in [0.3, 0.4) is 0 Å². The molecule has 0 spiro atoms.